The summed E-state index contributed by atoms with van der Waals surface area (Å²) in [5.41, 5.74) is 7.97. The highest BCUT2D eigenvalue weighted by molar-refractivity contribution is 5.91. The molecular weight excluding hydrogens is 250 g/mol. The van der Waals surface area contributed by atoms with E-state index in [1.54, 1.807) is 0 Å². The van der Waals surface area contributed by atoms with Gasteiger partial charge >= 0.3 is 0 Å². The lowest BCUT2D eigenvalue weighted by molar-refractivity contribution is -0.116. The van der Waals surface area contributed by atoms with Crippen molar-refractivity contribution in [3.05, 3.63) is 24.3 Å². The Kier molecular flexibility index (Phi) is 5.41. The summed E-state index contributed by atoms with van der Waals surface area (Å²) in [6.07, 6.45) is 4.84. The molecule has 0 spiro atoms. The molecule has 1 fully saturated rings. The number of rotatable bonds is 6. The predicted molar refractivity (Wildman–Crippen MR) is 84.0 cm³/mol. The predicted octanol–water partition coefficient (Wildman–Crippen LogP) is 2.74. The highest BCUT2D eigenvalue weighted by Gasteiger charge is 2.12. The Bertz CT molecular complexity index is 424. The average Bonchev–Trinajstić information content (AvgIpc) is 2.93. The summed E-state index contributed by atoms with van der Waals surface area (Å²) in [5.74, 6) is -0.000118. The molecule has 0 bridgehead atoms. The van der Waals surface area contributed by atoms with Crippen molar-refractivity contribution < 1.29 is 4.79 Å². The summed E-state index contributed by atoms with van der Waals surface area (Å²) in [5, 5.41) is 2.91. The molecule has 0 aliphatic carbocycles. The van der Waals surface area contributed by atoms with Gasteiger partial charge in [-0.25, -0.2) is 0 Å². The van der Waals surface area contributed by atoms with Crippen LogP contribution in [0.1, 0.15) is 39.0 Å². The van der Waals surface area contributed by atoms with Gasteiger partial charge in [0.05, 0.1) is 0 Å². The molecular formula is C16H25N3O. The van der Waals surface area contributed by atoms with Crippen LogP contribution in [0.4, 0.5) is 11.4 Å². The van der Waals surface area contributed by atoms with Crippen LogP contribution in [-0.4, -0.2) is 25.0 Å². The van der Waals surface area contributed by atoms with E-state index >= 15 is 0 Å². The van der Waals surface area contributed by atoms with Gasteiger partial charge in [-0.15, -0.1) is 0 Å². The first-order valence-corrected chi connectivity index (χ1v) is 7.59. The molecule has 1 aliphatic rings. The van der Waals surface area contributed by atoms with E-state index in [1.165, 1.54) is 18.5 Å². The molecule has 4 nitrogen and oxygen atoms in total. The van der Waals surface area contributed by atoms with E-state index in [4.69, 9.17) is 5.73 Å². The van der Waals surface area contributed by atoms with Crippen LogP contribution in [0, 0.1) is 0 Å². The maximum Gasteiger partial charge on any atom is 0.225 e. The fraction of sp³-hybridized carbons (Fsp3) is 0.562. The van der Waals surface area contributed by atoms with Crippen LogP contribution in [0.25, 0.3) is 0 Å². The van der Waals surface area contributed by atoms with E-state index in [1.807, 2.05) is 12.1 Å². The van der Waals surface area contributed by atoms with Crippen LogP contribution >= 0.6 is 0 Å². The number of amides is 1. The van der Waals surface area contributed by atoms with Crippen LogP contribution in [0.2, 0.25) is 0 Å². The molecule has 1 aromatic carbocycles. The molecule has 0 aromatic heterocycles. The summed E-state index contributed by atoms with van der Waals surface area (Å²) in [7, 11) is 0. The van der Waals surface area contributed by atoms with E-state index < -0.39 is 0 Å². The average molecular weight is 275 g/mol. The minimum atomic E-state index is -0.0381. The fourth-order valence-electron chi connectivity index (χ4n) is 2.65. The van der Waals surface area contributed by atoms with Gasteiger partial charge in [-0.2, -0.15) is 0 Å². The Morgan fingerprint density at radius 2 is 1.95 bits per heavy atom. The fourth-order valence-corrected chi connectivity index (χ4v) is 2.65. The van der Waals surface area contributed by atoms with Gasteiger partial charge in [0.15, 0.2) is 0 Å². The van der Waals surface area contributed by atoms with Crippen molar-refractivity contribution in [3.8, 4) is 0 Å². The molecule has 1 aliphatic heterocycles. The van der Waals surface area contributed by atoms with Gasteiger partial charge in [0, 0.05) is 36.9 Å². The summed E-state index contributed by atoms with van der Waals surface area (Å²) in [6, 6.07) is 8.05. The number of benzene rings is 1. The standard InChI is InChI=1S/C16H25N3O/c1-2-5-13(17)12-16(20)18-14-6-8-15(9-7-14)19-10-3-4-11-19/h6-9,13H,2-5,10-12,17H2,1H3,(H,18,20). The molecule has 0 saturated carbocycles. The van der Waals surface area contributed by atoms with Gasteiger partial charge in [0.25, 0.3) is 0 Å². The van der Waals surface area contributed by atoms with Gasteiger partial charge in [0.2, 0.25) is 5.91 Å². The first-order chi connectivity index (χ1) is 9.69. The maximum absolute atomic E-state index is 11.8. The lowest BCUT2D eigenvalue weighted by Gasteiger charge is -2.18. The molecule has 20 heavy (non-hydrogen) atoms. The van der Waals surface area contributed by atoms with Gasteiger partial charge < -0.3 is 16.0 Å². The number of nitrogens with one attached hydrogen (secondary N) is 1. The molecule has 3 N–H and O–H groups in total. The van der Waals surface area contributed by atoms with Crippen molar-refractivity contribution in [2.75, 3.05) is 23.3 Å². The Morgan fingerprint density at radius 1 is 1.30 bits per heavy atom. The van der Waals surface area contributed by atoms with Gasteiger partial charge in [-0.05, 0) is 43.5 Å². The number of anilines is 2. The third-order valence-corrected chi connectivity index (χ3v) is 3.73. The number of nitrogens with zero attached hydrogens (tertiary/aromatic N) is 1. The minimum Gasteiger partial charge on any atom is -0.372 e. The normalized spacial score (nSPS) is 16.2. The van der Waals surface area contributed by atoms with E-state index in [0.717, 1.165) is 31.6 Å². The largest absolute Gasteiger partial charge is 0.372 e. The van der Waals surface area contributed by atoms with E-state index in [-0.39, 0.29) is 11.9 Å². The third kappa shape index (κ3) is 4.23. The Labute approximate surface area is 121 Å². The lowest BCUT2D eigenvalue weighted by atomic mass is 10.1. The number of carbonyl (C=O) groups excluding carboxylic acids is 1. The van der Waals surface area contributed by atoms with Crippen LogP contribution in [0.5, 0.6) is 0 Å². The molecule has 1 aromatic rings. The molecule has 0 radical (unpaired) electrons. The zero-order valence-electron chi connectivity index (χ0n) is 12.3. The minimum absolute atomic E-state index is 0.000118. The molecule has 110 valence electrons. The van der Waals surface area contributed by atoms with E-state index in [0.29, 0.717) is 6.42 Å². The molecule has 1 atom stereocenters. The van der Waals surface area contributed by atoms with Crippen LogP contribution in [0.15, 0.2) is 24.3 Å². The lowest BCUT2D eigenvalue weighted by Crippen LogP contribution is -2.26. The Hall–Kier alpha value is -1.55. The number of carbonyl (C=O) groups is 1. The molecule has 1 amide bonds. The second-order valence-corrected chi connectivity index (χ2v) is 5.54. The van der Waals surface area contributed by atoms with Crippen molar-refractivity contribution in [1.82, 2.24) is 0 Å². The smallest absolute Gasteiger partial charge is 0.225 e. The van der Waals surface area contributed by atoms with E-state index in [2.05, 4.69) is 29.3 Å². The summed E-state index contributed by atoms with van der Waals surface area (Å²) in [6.45, 7) is 4.35. The highest BCUT2D eigenvalue weighted by Crippen LogP contribution is 2.22. The maximum atomic E-state index is 11.8. The molecule has 1 saturated heterocycles. The SMILES string of the molecule is CCCC(N)CC(=O)Nc1ccc(N2CCCC2)cc1. The van der Waals surface area contributed by atoms with Crippen molar-refractivity contribution in [2.24, 2.45) is 5.73 Å². The van der Waals surface area contributed by atoms with E-state index in [9.17, 15) is 4.79 Å². The van der Waals surface area contributed by atoms with Crippen LogP contribution < -0.4 is 16.0 Å². The van der Waals surface area contributed by atoms with Gasteiger partial charge in [-0.3, -0.25) is 4.79 Å². The second kappa shape index (κ2) is 7.29. The molecule has 1 unspecified atom stereocenters. The molecule has 4 heteroatoms. The first-order valence-electron chi connectivity index (χ1n) is 7.59. The molecule has 1 heterocycles. The summed E-state index contributed by atoms with van der Waals surface area (Å²) < 4.78 is 0. The summed E-state index contributed by atoms with van der Waals surface area (Å²) >= 11 is 0. The quantitative estimate of drug-likeness (QED) is 0.839. The zero-order chi connectivity index (χ0) is 14.4. The number of hydrogen-bond acceptors (Lipinski definition) is 3. The van der Waals surface area contributed by atoms with Crippen LogP contribution in [0.3, 0.4) is 0 Å². The van der Waals surface area contributed by atoms with Crippen molar-refractivity contribution in [2.45, 2.75) is 45.1 Å². The highest BCUT2D eigenvalue weighted by atomic mass is 16.1. The topological polar surface area (TPSA) is 58.4 Å². The van der Waals surface area contributed by atoms with Crippen LogP contribution in [-0.2, 0) is 4.79 Å². The second-order valence-electron chi connectivity index (χ2n) is 5.54. The van der Waals surface area contributed by atoms with Crippen molar-refractivity contribution in [3.63, 3.8) is 0 Å². The summed E-state index contributed by atoms with van der Waals surface area (Å²) in [4.78, 5) is 14.2. The van der Waals surface area contributed by atoms with Crippen molar-refractivity contribution >= 4 is 17.3 Å². The Morgan fingerprint density at radius 3 is 2.55 bits per heavy atom. The Balaban J connectivity index is 1.85. The zero-order valence-corrected chi connectivity index (χ0v) is 12.3. The van der Waals surface area contributed by atoms with Gasteiger partial charge in [0.1, 0.15) is 0 Å². The van der Waals surface area contributed by atoms with Gasteiger partial charge in [-0.1, -0.05) is 13.3 Å². The monoisotopic (exact) mass is 275 g/mol. The van der Waals surface area contributed by atoms with Crippen molar-refractivity contribution in [1.29, 1.82) is 0 Å². The third-order valence-electron chi connectivity index (χ3n) is 3.73. The first kappa shape index (κ1) is 14.9. The number of nitrogens with two attached hydrogens (primary N) is 1. The molecule has 2 rings (SSSR count). The number of hydrogen-bond donors (Lipinski definition) is 2.